The van der Waals surface area contributed by atoms with Crippen molar-refractivity contribution in [2.75, 3.05) is 0 Å². The largest absolute Gasteiger partial charge is 0.309 e. The second-order valence-electron chi connectivity index (χ2n) is 14.4. The van der Waals surface area contributed by atoms with E-state index in [0.717, 1.165) is 65.8 Å². The topological polar surface area (TPSA) is 60.7 Å². The summed E-state index contributed by atoms with van der Waals surface area (Å²) in [6, 6.07) is 59.8. The van der Waals surface area contributed by atoms with Crippen molar-refractivity contribution < 1.29 is 4.57 Å². The number of benzene rings is 7. The molecule has 3 heterocycles. The zero-order valence-corrected chi connectivity index (χ0v) is 30.8. The minimum absolute atomic E-state index is 0.459. The van der Waals surface area contributed by atoms with Crippen molar-refractivity contribution in [3.63, 3.8) is 0 Å². The minimum Gasteiger partial charge on any atom is -0.309 e. The molecule has 0 N–H and O–H groups in total. The molecule has 0 bridgehead atoms. The highest BCUT2D eigenvalue weighted by molar-refractivity contribution is 7.85. The first kappa shape index (κ1) is 32.2. The summed E-state index contributed by atoms with van der Waals surface area (Å²) in [4.78, 5) is 15.0. The molecule has 6 heteroatoms. The van der Waals surface area contributed by atoms with Gasteiger partial charge in [-0.1, -0.05) is 153 Å². The molecule has 10 rings (SSSR count). The molecule has 0 amide bonds. The maximum absolute atomic E-state index is 16.6. The Balaban J connectivity index is 1.26. The van der Waals surface area contributed by atoms with Crippen LogP contribution in [0.15, 0.2) is 176 Å². The van der Waals surface area contributed by atoms with E-state index in [1.165, 1.54) is 5.39 Å². The number of rotatable bonds is 5. The molecule has 0 aliphatic carbocycles. The second-order valence-corrected chi connectivity index (χ2v) is 17.1. The van der Waals surface area contributed by atoms with Gasteiger partial charge in [0.05, 0.1) is 11.0 Å². The molecule has 0 saturated carbocycles. The van der Waals surface area contributed by atoms with Gasteiger partial charge in [0.1, 0.15) is 0 Å². The van der Waals surface area contributed by atoms with E-state index in [0.29, 0.717) is 17.5 Å². The summed E-state index contributed by atoms with van der Waals surface area (Å²) in [5.74, 6) is 1.71. The van der Waals surface area contributed by atoms with E-state index in [1.807, 2.05) is 97.1 Å². The lowest BCUT2D eigenvalue weighted by Crippen LogP contribution is -2.42. The Bertz CT molecular complexity index is 2860. The van der Waals surface area contributed by atoms with E-state index < -0.39 is 12.6 Å². The summed E-state index contributed by atoms with van der Waals surface area (Å²) < 4.78 is 18.9. The Morgan fingerprint density at radius 2 is 0.981 bits per heavy atom. The fourth-order valence-corrected chi connectivity index (χ4v) is 11.6. The first-order valence-electron chi connectivity index (χ1n) is 18.2. The molecule has 0 fully saturated rings. The first-order valence-corrected chi connectivity index (χ1v) is 19.9. The predicted molar refractivity (Wildman–Crippen MR) is 222 cm³/mol. The van der Waals surface area contributed by atoms with Crippen molar-refractivity contribution in [1.82, 2.24) is 19.5 Å². The minimum atomic E-state index is -3.46. The molecule has 0 spiro atoms. The Morgan fingerprint density at radius 3 is 1.61 bits per heavy atom. The fourth-order valence-electron chi connectivity index (χ4n) is 8.21. The molecule has 1 aliphatic heterocycles. The van der Waals surface area contributed by atoms with E-state index >= 15 is 4.57 Å². The molecule has 5 nitrogen and oxygen atoms in total. The number of aromatic nitrogens is 4. The van der Waals surface area contributed by atoms with Crippen molar-refractivity contribution in [1.29, 1.82) is 0 Å². The van der Waals surface area contributed by atoms with E-state index in [-0.39, 0.29) is 0 Å². The van der Waals surface area contributed by atoms with Crippen LogP contribution in [0.25, 0.3) is 61.7 Å². The standard InChI is InChI=1S/C48H35N4OP/c1-48(2)39-28-27-34(47-50-45(32-17-7-3-8-18-32)49-46(51-47)33-19-9-4-10-20-33)29-43(39)54(53,36-23-13-6-14-24-36)44-31-42-38(30-40(44)48)37-25-15-16-26-41(37)52(42)35-21-11-5-12-22-35/h3-31H,1-2H3. The molecule has 0 radical (unpaired) electrons. The Labute approximate surface area is 314 Å². The first-order chi connectivity index (χ1) is 26.4. The van der Waals surface area contributed by atoms with Gasteiger partial charge in [-0.2, -0.15) is 0 Å². The molecule has 54 heavy (non-hydrogen) atoms. The average Bonchev–Trinajstić information content (AvgIpc) is 3.57. The van der Waals surface area contributed by atoms with Gasteiger partial charge in [-0.3, -0.25) is 0 Å². The summed E-state index contributed by atoms with van der Waals surface area (Å²) in [6.45, 7) is 4.51. The Hall–Kier alpha value is -6.42. The molecule has 2 aromatic heterocycles. The molecule has 1 atom stereocenters. The zero-order chi connectivity index (χ0) is 36.4. The highest BCUT2D eigenvalue weighted by Gasteiger charge is 2.45. The van der Waals surface area contributed by atoms with E-state index in [2.05, 4.69) is 97.3 Å². The van der Waals surface area contributed by atoms with Crippen molar-refractivity contribution in [3.05, 3.63) is 187 Å². The zero-order valence-electron chi connectivity index (χ0n) is 29.9. The number of fused-ring (bicyclic) bond motifs is 5. The quantitative estimate of drug-likeness (QED) is 0.167. The van der Waals surface area contributed by atoms with Gasteiger partial charge in [0.25, 0.3) is 0 Å². The lowest BCUT2D eigenvalue weighted by Gasteiger charge is -2.40. The van der Waals surface area contributed by atoms with Gasteiger partial charge in [-0.05, 0) is 47.5 Å². The maximum atomic E-state index is 16.6. The lowest BCUT2D eigenvalue weighted by molar-refractivity contribution is 0.586. The van der Waals surface area contributed by atoms with Gasteiger partial charge in [0.15, 0.2) is 24.6 Å². The highest BCUT2D eigenvalue weighted by Crippen LogP contribution is 2.54. The summed E-state index contributed by atoms with van der Waals surface area (Å²) in [7, 11) is -3.46. The molecular formula is C48H35N4OP. The average molecular weight is 715 g/mol. The SMILES string of the molecule is CC1(C)c2ccc(-c3nc(-c4ccccc4)nc(-c4ccccc4)n3)cc2P(=O)(c2ccccc2)c2cc3c(cc21)c1ccccc1n3-c1ccccc1. The van der Waals surface area contributed by atoms with Gasteiger partial charge < -0.3 is 9.13 Å². The van der Waals surface area contributed by atoms with Crippen LogP contribution in [-0.4, -0.2) is 19.5 Å². The molecule has 7 aromatic carbocycles. The van der Waals surface area contributed by atoms with Crippen molar-refractivity contribution >= 4 is 44.9 Å². The third kappa shape index (κ3) is 4.93. The number of hydrogen-bond acceptors (Lipinski definition) is 4. The molecule has 1 aliphatic rings. The van der Waals surface area contributed by atoms with Gasteiger partial charge >= 0.3 is 0 Å². The van der Waals surface area contributed by atoms with Gasteiger partial charge in [-0.25, -0.2) is 15.0 Å². The summed E-state index contributed by atoms with van der Waals surface area (Å²) in [6.07, 6.45) is 0. The monoisotopic (exact) mass is 714 g/mol. The smallest absolute Gasteiger partial charge is 0.171 e. The van der Waals surface area contributed by atoms with Crippen LogP contribution >= 0.6 is 7.14 Å². The van der Waals surface area contributed by atoms with Crippen LogP contribution in [0.1, 0.15) is 25.0 Å². The summed E-state index contributed by atoms with van der Waals surface area (Å²) in [5.41, 5.74) is 7.47. The van der Waals surface area contributed by atoms with Crippen LogP contribution < -0.4 is 15.9 Å². The molecule has 258 valence electrons. The highest BCUT2D eigenvalue weighted by atomic mass is 31.2. The van der Waals surface area contributed by atoms with Crippen LogP contribution in [0.5, 0.6) is 0 Å². The fraction of sp³-hybridized carbons (Fsp3) is 0.0625. The normalized spacial score (nSPS) is 15.9. The summed E-state index contributed by atoms with van der Waals surface area (Å²) in [5, 5.41) is 4.79. The van der Waals surface area contributed by atoms with E-state index in [1.54, 1.807) is 0 Å². The van der Waals surface area contributed by atoms with Crippen LogP contribution in [0.3, 0.4) is 0 Å². The van der Waals surface area contributed by atoms with Gasteiger partial charge in [-0.15, -0.1) is 0 Å². The van der Waals surface area contributed by atoms with Crippen molar-refractivity contribution in [3.8, 4) is 39.9 Å². The maximum Gasteiger partial charge on any atom is 0.171 e. The third-order valence-corrected chi connectivity index (χ3v) is 14.0. The second kappa shape index (κ2) is 12.3. The molecule has 1 unspecified atom stereocenters. The van der Waals surface area contributed by atoms with Crippen LogP contribution in [0.2, 0.25) is 0 Å². The van der Waals surface area contributed by atoms with E-state index in [4.69, 9.17) is 15.0 Å². The number of hydrogen-bond donors (Lipinski definition) is 0. The molecule has 0 saturated heterocycles. The van der Waals surface area contributed by atoms with Crippen LogP contribution in [0, 0.1) is 0 Å². The predicted octanol–water partition coefficient (Wildman–Crippen LogP) is 10.2. The van der Waals surface area contributed by atoms with Crippen molar-refractivity contribution in [2.24, 2.45) is 0 Å². The molecule has 9 aromatic rings. The number of nitrogens with zero attached hydrogens (tertiary/aromatic N) is 4. The summed E-state index contributed by atoms with van der Waals surface area (Å²) >= 11 is 0. The Kier molecular flexibility index (Phi) is 7.37. The van der Waals surface area contributed by atoms with E-state index in [9.17, 15) is 0 Å². The van der Waals surface area contributed by atoms with Crippen molar-refractivity contribution in [2.45, 2.75) is 19.3 Å². The van der Waals surface area contributed by atoms with Gasteiger partial charge in [0, 0.05) is 54.5 Å². The molecular weight excluding hydrogens is 680 g/mol. The third-order valence-electron chi connectivity index (χ3n) is 10.9. The Morgan fingerprint density at radius 1 is 0.463 bits per heavy atom. The number of para-hydroxylation sites is 2. The lowest BCUT2D eigenvalue weighted by atomic mass is 9.77. The van der Waals surface area contributed by atoms with Gasteiger partial charge in [0.2, 0.25) is 0 Å². The van der Waals surface area contributed by atoms with Crippen LogP contribution in [-0.2, 0) is 9.98 Å². The van der Waals surface area contributed by atoms with Crippen LogP contribution in [0.4, 0.5) is 0 Å².